The molecule has 0 unspecified atom stereocenters. The lowest BCUT2D eigenvalue weighted by atomic mass is 10.2. The van der Waals surface area contributed by atoms with Gasteiger partial charge in [0.2, 0.25) is 0 Å². The standard InChI is InChI=1S/C8H14N2S/c1-3-4-5-7-6(2)11-8(9)10-7/h3-5H2,1-2H3,(H2,9,10). The van der Waals surface area contributed by atoms with Gasteiger partial charge in [-0.1, -0.05) is 13.3 Å². The molecule has 0 radical (unpaired) electrons. The summed E-state index contributed by atoms with van der Waals surface area (Å²) in [5, 5.41) is 0.702. The first-order chi connectivity index (χ1) is 5.24. The number of aryl methyl sites for hydroxylation is 2. The van der Waals surface area contributed by atoms with Crippen LogP contribution in [0.25, 0.3) is 0 Å². The van der Waals surface area contributed by atoms with Crippen LogP contribution in [-0.4, -0.2) is 4.98 Å². The van der Waals surface area contributed by atoms with Crippen molar-refractivity contribution in [1.82, 2.24) is 4.98 Å². The number of nitrogens with zero attached hydrogens (tertiary/aromatic N) is 1. The molecule has 11 heavy (non-hydrogen) atoms. The second kappa shape index (κ2) is 3.72. The molecule has 0 fully saturated rings. The van der Waals surface area contributed by atoms with Crippen LogP contribution < -0.4 is 5.73 Å². The number of anilines is 1. The van der Waals surface area contributed by atoms with Gasteiger partial charge in [0.25, 0.3) is 0 Å². The lowest BCUT2D eigenvalue weighted by Gasteiger charge is -1.93. The second-order valence-electron chi connectivity index (χ2n) is 2.66. The van der Waals surface area contributed by atoms with Crippen LogP contribution in [0.2, 0.25) is 0 Å². The summed E-state index contributed by atoms with van der Waals surface area (Å²) in [5.41, 5.74) is 6.75. The quantitative estimate of drug-likeness (QED) is 0.756. The molecule has 0 aliphatic heterocycles. The van der Waals surface area contributed by atoms with Crippen LogP contribution in [0.4, 0.5) is 5.13 Å². The van der Waals surface area contributed by atoms with Gasteiger partial charge in [0.1, 0.15) is 0 Å². The summed E-state index contributed by atoms with van der Waals surface area (Å²) in [6.07, 6.45) is 3.51. The predicted octanol–water partition coefficient (Wildman–Crippen LogP) is 2.38. The van der Waals surface area contributed by atoms with Crippen molar-refractivity contribution in [3.63, 3.8) is 0 Å². The smallest absolute Gasteiger partial charge is 0.180 e. The molecule has 1 heterocycles. The summed E-state index contributed by atoms with van der Waals surface area (Å²) in [5.74, 6) is 0. The van der Waals surface area contributed by atoms with Gasteiger partial charge >= 0.3 is 0 Å². The number of unbranched alkanes of at least 4 members (excludes halogenated alkanes) is 1. The molecular formula is C8H14N2S. The Morgan fingerprint density at radius 1 is 1.55 bits per heavy atom. The molecule has 62 valence electrons. The largest absolute Gasteiger partial charge is 0.375 e. The van der Waals surface area contributed by atoms with Crippen LogP contribution in [0.1, 0.15) is 30.3 Å². The Labute approximate surface area is 71.5 Å². The van der Waals surface area contributed by atoms with E-state index < -0.39 is 0 Å². The van der Waals surface area contributed by atoms with E-state index in [2.05, 4.69) is 18.8 Å². The third-order valence-corrected chi connectivity index (χ3v) is 2.52. The minimum absolute atomic E-state index is 0.702. The highest BCUT2D eigenvalue weighted by molar-refractivity contribution is 7.15. The van der Waals surface area contributed by atoms with Crippen molar-refractivity contribution in [2.45, 2.75) is 33.1 Å². The van der Waals surface area contributed by atoms with Crippen LogP contribution in [0, 0.1) is 6.92 Å². The number of hydrogen-bond donors (Lipinski definition) is 1. The first-order valence-corrected chi connectivity index (χ1v) is 4.77. The maximum atomic E-state index is 5.56. The van der Waals surface area contributed by atoms with Crippen LogP contribution in [0.5, 0.6) is 0 Å². The Morgan fingerprint density at radius 3 is 2.73 bits per heavy atom. The Balaban J connectivity index is 2.62. The van der Waals surface area contributed by atoms with E-state index in [0.717, 1.165) is 6.42 Å². The highest BCUT2D eigenvalue weighted by Gasteiger charge is 2.03. The lowest BCUT2D eigenvalue weighted by Crippen LogP contribution is -1.88. The van der Waals surface area contributed by atoms with Gasteiger partial charge in [-0.15, -0.1) is 11.3 Å². The molecule has 0 saturated carbocycles. The fraction of sp³-hybridized carbons (Fsp3) is 0.625. The van der Waals surface area contributed by atoms with E-state index in [9.17, 15) is 0 Å². The first-order valence-electron chi connectivity index (χ1n) is 3.95. The van der Waals surface area contributed by atoms with Crippen molar-refractivity contribution >= 4 is 16.5 Å². The van der Waals surface area contributed by atoms with Crippen molar-refractivity contribution < 1.29 is 0 Å². The van der Waals surface area contributed by atoms with Crippen molar-refractivity contribution in [2.24, 2.45) is 0 Å². The number of nitrogens with two attached hydrogens (primary N) is 1. The van der Waals surface area contributed by atoms with Crippen LogP contribution in [0.3, 0.4) is 0 Å². The number of rotatable bonds is 3. The molecule has 0 amide bonds. The molecule has 0 aromatic carbocycles. The van der Waals surface area contributed by atoms with E-state index in [-0.39, 0.29) is 0 Å². The molecule has 0 bridgehead atoms. The van der Waals surface area contributed by atoms with E-state index in [4.69, 9.17) is 5.73 Å². The summed E-state index contributed by atoms with van der Waals surface area (Å²) in [4.78, 5) is 5.52. The van der Waals surface area contributed by atoms with Gasteiger partial charge in [-0.2, -0.15) is 0 Å². The maximum Gasteiger partial charge on any atom is 0.180 e. The van der Waals surface area contributed by atoms with Gasteiger partial charge < -0.3 is 5.73 Å². The van der Waals surface area contributed by atoms with Gasteiger partial charge in [-0.05, 0) is 19.8 Å². The number of nitrogen functional groups attached to an aromatic ring is 1. The van der Waals surface area contributed by atoms with Gasteiger partial charge in [0, 0.05) is 4.88 Å². The molecule has 0 aliphatic rings. The molecule has 1 aromatic heterocycles. The van der Waals surface area contributed by atoms with E-state index in [1.54, 1.807) is 11.3 Å². The molecule has 2 nitrogen and oxygen atoms in total. The number of thiazole rings is 1. The van der Waals surface area contributed by atoms with Crippen molar-refractivity contribution in [2.75, 3.05) is 5.73 Å². The molecule has 1 aromatic rings. The third-order valence-electron chi connectivity index (χ3n) is 1.68. The Hall–Kier alpha value is -0.570. The minimum atomic E-state index is 0.702. The zero-order chi connectivity index (χ0) is 8.27. The monoisotopic (exact) mass is 170 g/mol. The fourth-order valence-corrected chi connectivity index (χ4v) is 1.76. The molecule has 0 spiro atoms. The van der Waals surface area contributed by atoms with Gasteiger partial charge in [0.05, 0.1) is 5.69 Å². The summed E-state index contributed by atoms with van der Waals surface area (Å²) in [6, 6.07) is 0. The predicted molar refractivity (Wildman–Crippen MR) is 49.9 cm³/mol. The summed E-state index contributed by atoms with van der Waals surface area (Å²) in [6.45, 7) is 4.27. The molecule has 0 aliphatic carbocycles. The average Bonchev–Trinajstić information content (AvgIpc) is 2.26. The molecule has 0 atom stereocenters. The minimum Gasteiger partial charge on any atom is -0.375 e. The van der Waals surface area contributed by atoms with E-state index >= 15 is 0 Å². The number of aromatic nitrogens is 1. The van der Waals surface area contributed by atoms with Gasteiger partial charge in [-0.25, -0.2) is 4.98 Å². The molecule has 0 saturated heterocycles. The Morgan fingerprint density at radius 2 is 2.27 bits per heavy atom. The molecule has 3 heteroatoms. The van der Waals surface area contributed by atoms with Crippen LogP contribution in [-0.2, 0) is 6.42 Å². The zero-order valence-corrected chi connectivity index (χ0v) is 7.87. The van der Waals surface area contributed by atoms with Gasteiger partial charge in [-0.3, -0.25) is 0 Å². The first kappa shape index (κ1) is 8.53. The maximum absolute atomic E-state index is 5.56. The van der Waals surface area contributed by atoms with E-state index in [1.807, 2.05) is 0 Å². The zero-order valence-electron chi connectivity index (χ0n) is 7.05. The Kier molecular flexibility index (Phi) is 2.88. The highest BCUT2D eigenvalue weighted by Crippen LogP contribution is 2.20. The molecule has 1 rings (SSSR count). The van der Waals surface area contributed by atoms with E-state index in [1.165, 1.54) is 23.4 Å². The average molecular weight is 170 g/mol. The lowest BCUT2D eigenvalue weighted by molar-refractivity contribution is 0.778. The SMILES string of the molecule is CCCCc1nc(N)sc1C. The summed E-state index contributed by atoms with van der Waals surface area (Å²) < 4.78 is 0. The topological polar surface area (TPSA) is 38.9 Å². The Bertz CT molecular complexity index is 230. The normalized spacial score (nSPS) is 10.4. The third kappa shape index (κ3) is 2.19. The fourth-order valence-electron chi connectivity index (χ4n) is 1.03. The highest BCUT2D eigenvalue weighted by atomic mass is 32.1. The summed E-state index contributed by atoms with van der Waals surface area (Å²) in [7, 11) is 0. The van der Waals surface area contributed by atoms with E-state index in [0.29, 0.717) is 5.13 Å². The summed E-state index contributed by atoms with van der Waals surface area (Å²) >= 11 is 1.59. The van der Waals surface area contributed by atoms with Crippen molar-refractivity contribution in [1.29, 1.82) is 0 Å². The molecule has 2 N–H and O–H groups in total. The molecular weight excluding hydrogens is 156 g/mol. The van der Waals surface area contributed by atoms with Gasteiger partial charge in [0.15, 0.2) is 5.13 Å². The van der Waals surface area contributed by atoms with Crippen molar-refractivity contribution in [3.8, 4) is 0 Å². The van der Waals surface area contributed by atoms with Crippen molar-refractivity contribution in [3.05, 3.63) is 10.6 Å². The van der Waals surface area contributed by atoms with Crippen LogP contribution in [0.15, 0.2) is 0 Å². The van der Waals surface area contributed by atoms with Crippen LogP contribution >= 0.6 is 11.3 Å². The number of hydrogen-bond acceptors (Lipinski definition) is 3. The second-order valence-corrected chi connectivity index (χ2v) is 3.89.